The number of aromatic nitrogens is 6. The molecule has 1 N–H and O–H groups in total. The number of rotatable bonds is 5. The van der Waals surface area contributed by atoms with E-state index in [1.165, 1.54) is 12.8 Å². The lowest BCUT2D eigenvalue weighted by molar-refractivity contribution is 0.565. The zero-order valence-corrected chi connectivity index (χ0v) is 12.5. The molecule has 0 bridgehead atoms. The molecule has 104 valence electrons. The molecule has 1 aliphatic rings. The number of hydrogen-bond acceptors (Lipinski definition) is 7. The van der Waals surface area contributed by atoms with E-state index in [0.29, 0.717) is 6.04 Å². The van der Waals surface area contributed by atoms with Crippen LogP contribution < -0.4 is 5.32 Å². The predicted molar refractivity (Wildman–Crippen MR) is 76.0 cm³/mol. The Kier molecular flexibility index (Phi) is 2.97. The maximum atomic E-state index is 4.68. The molecule has 7 nitrogen and oxygen atoms in total. The summed E-state index contributed by atoms with van der Waals surface area (Å²) < 4.78 is 4.04. The van der Waals surface area contributed by atoms with E-state index >= 15 is 0 Å². The summed E-state index contributed by atoms with van der Waals surface area (Å²) in [5.74, 6) is 0. The van der Waals surface area contributed by atoms with Crippen LogP contribution in [0.3, 0.4) is 0 Å². The molecule has 0 unspecified atom stereocenters. The van der Waals surface area contributed by atoms with Gasteiger partial charge in [0.1, 0.15) is 5.03 Å². The normalized spacial score (nSPS) is 15.2. The van der Waals surface area contributed by atoms with E-state index in [2.05, 4.69) is 30.2 Å². The van der Waals surface area contributed by atoms with Gasteiger partial charge in [-0.15, -0.1) is 16.4 Å². The van der Waals surface area contributed by atoms with Crippen molar-refractivity contribution in [2.24, 2.45) is 0 Å². The van der Waals surface area contributed by atoms with Gasteiger partial charge in [0.15, 0.2) is 4.96 Å². The minimum Gasteiger partial charge on any atom is -0.314 e. The zero-order chi connectivity index (χ0) is 13.5. The van der Waals surface area contributed by atoms with Crippen molar-refractivity contribution in [1.82, 2.24) is 34.9 Å². The molecule has 1 saturated carbocycles. The van der Waals surface area contributed by atoms with Crippen LogP contribution in [0.2, 0.25) is 0 Å². The summed E-state index contributed by atoms with van der Waals surface area (Å²) in [6.07, 6.45) is 4.38. The highest BCUT2D eigenvalue weighted by Crippen LogP contribution is 2.38. The number of thiazole rings is 1. The summed E-state index contributed by atoms with van der Waals surface area (Å²) in [6, 6.07) is 0.476. The Morgan fingerprint density at radius 3 is 3.20 bits per heavy atom. The van der Waals surface area contributed by atoms with E-state index in [1.807, 2.05) is 23.3 Å². The Balaban J connectivity index is 1.72. The SMILES string of the molecule is CNCc1c(Sc2nnnn2C2CC2)nc2sccn12. The van der Waals surface area contributed by atoms with E-state index < -0.39 is 0 Å². The average molecular weight is 307 g/mol. The Hall–Kier alpha value is -1.45. The first-order valence-corrected chi connectivity index (χ1v) is 8.11. The molecule has 1 fully saturated rings. The van der Waals surface area contributed by atoms with Gasteiger partial charge in [0.2, 0.25) is 5.16 Å². The highest BCUT2D eigenvalue weighted by atomic mass is 32.2. The number of imidazole rings is 1. The van der Waals surface area contributed by atoms with Gasteiger partial charge in [0.05, 0.1) is 11.7 Å². The first-order valence-electron chi connectivity index (χ1n) is 6.41. The molecule has 0 saturated heterocycles. The highest BCUT2D eigenvalue weighted by Gasteiger charge is 2.29. The van der Waals surface area contributed by atoms with Gasteiger partial charge in [-0.1, -0.05) is 0 Å². The largest absolute Gasteiger partial charge is 0.314 e. The second-order valence-corrected chi connectivity index (χ2v) is 6.52. The van der Waals surface area contributed by atoms with E-state index in [9.17, 15) is 0 Å². The quantitative estimate of drug-likeness (QED) is 0.771. The molecule has 4 rings (SSSR count). The van der Waals surface area contributed by atoms with Crippen molar-refractivity contribution in [2.75, 3.05) is 7.05 Å². The van der Waals surface area contributed by atoms with Crippen LogP contribution in [0, 0.1) is 0 Å². The van der Waals surface area contributed by atoms with Crippen LogP contribution in [0.15, 0.2) is 21.8 Å². The molecule has 0 aliphatic heterocycles. The summed E-state index contributed by atoms with van der Waals surface area (Å²) in [5, 5.41) is 19.0. The van der Waals surface area contributed by atoms with Crippen molar-refractivity contribution in [2.45, 2.75) is 35.6 Å². The molecule has 0 radical (unpaired) electrons. The van der Waals surface area contributed by atoms with Crippen LogP contribution in [0.1, 0.15) is 24.6 Å². The summed E-state index contributed by atoms with van der Waals surface area (Å²) >= 11 is 3.18. The average Bonchev–Trinajstić information content (AvgIpc) is 2.88. The molecule has 3 aromatic rings. The fraction of sp³-hybridized carbons (Fsp3) is 0.455. The van der Waals surface area contributed by atoms with Gasteiger partial charge < -0.3 is 5.32 Å². The van der Waals surface area contributed by atoms with Crippen molar-refractivity contribution < 1.29 is 0 Å². The Morgan fingerprint density at radius 1 is 1.50 bits per heavy atom. The van der Waals surface area contributed by atoms with Crippen LogP contribution in [0.25, 0.3) is 4.96 Å². The summed E-state index contributed by atoms with van der Waals surface area (Å²) in [4.78, 5) is 5.69. The molecule has 3 aromatic heterocycles. The lowest BCUT2D eigenvalue weighted by Crippen LogP contribution is -2.08. The van der Waals surface area contributed by atoms with Gasteiger partial charge in [-0.05, 0) is 42.1 Å². The van der Waals surface area contributed by atoms with Crippen LogP contribution in [-0.4, -0.2) is 36.6 Å². The molecule has 9 heteroatoms. The lowest BCUT2D eigenvalue weighted by Gasteiger charge is -2.03. The summed E-state index contributed by atoms with van der Waals surface area (Å²) in [6.45, 7) is 0.769. The molecule has 0 aromatic carbocycles. The van der Waals surface area contributed by atoms with E-state index in [0.717, 1.165) is 27.4 Å². The standard InChI is InChI=1S/C11H13N7S2/c1-12-6-8-9(13-10-17(8)4-5-19-10)20-11-14-15-16-18(11)7-2-3-7/h4-5,7,12H,2-3,6H2,1H3. The third-order valence-corrected chi connectivity index (χ3v) is 4.94. The number of tetrazole rings is 1. The molecule has 0 spiro atoms. The molecular formula is C11H13N7S2. The molecule has 1 aliphatic carbocycles. The van der Waals surface area contributed by atoms with Crippen LogP contribution in [-0.2, 0) is 6.54 Å². The maximum absolute atomic E-state index is 4.68. The van der Waals surface area contributed by atoms with E-state index in [-0.39, 0.29) is 0 Å². The molecular weight excluding hydrogens is 294 g/mol. The Labute approximate surface area is 123 Å². The highest BCUT2D eigenvalue weighted by molar-refractivity contribution is 7.99. The van der Waals surface area contributed by atoms with Gasteiger partial charge in [-0.3, -0.25) is 4.40 Å². The molecule has 3 heterocycles. The first kappa shape index (κ1) is 12.3. The smallest absolute Gasteiger partial charge is 0.215 e. The fourth-order valence-corrected chi connectivity index (χ4v) is 3.85. The van der Waals surface area contributed by atoms with Crippen LogP contribution >= 0.6 is 23.1 Å². The molecule has 0 atom stereocenters. The van der Waals surface area contributed by atoms with Gasteiger partial charge >= 0.3 is 0 Å². The topological polar surface area (TPSA) is 72.9 Å². The maximum Gasteiger partial charge on any atom is 0.215 e. The third kappa shape index (κ3) is 2.02. The van der Waals surface area contributed by atoms with Crippen molar-refractivity contribution in [3.05, 3.63) is 17.3 Å². The first-order chi connectivity index (χ1) is 9.86. The van der Waals surface area contributed by atoms with Crippen molar-refractivity contribution in [1.29, 1.82) is 0 Å². The third-order valence-electron chi connectivity index (χ3n) is 3.21. The lowest BCUT2D eigenvalue weighted by atomic mass is 10.5. The number of nitrogens with zero attached hydrogens (tertiary/aromatic N) is 6. The number of nitrogens with one attached hydrogen (secondary N) is 1. The predicted octanol–water partition coefficient (Wildman–Crippen LogP) is 1.59. The van der Waals surface area contributed by atoms with Crippen LogP contribution in [0.4, 0.5) is 0 Å². The Bertz CT molecular complexity index is 739. The second kappa shape index (κ2) is 4.83. The van der Waals surface area contributed by atoms with E-state index in [4.69, 9.17) is 0 Å². The number of hydrogen-bond donors (Lipinski definition) is 1. The number of fused-ring (bicyclic) bond motifs is 1. The zero-order valence-electron chi connectivity index (χ0n) is 10.9. The minimum absolute atomic E-state index is 0.476. The monoisotopic (exact) mass is 307 g/mol. The van der Waals surface area contributed by atoms with Crippen LogP contribution in [0.5, 0.6) is 0 Å². The van der Waals surface area contributed by atoms with Gasteiger partial charge in [-0.2, -0.15) is 0 Å². The fourth-order valence-electron chi connectivity index (χ4n) is 2.11. The minimum atomic E-state index is 0.476. The molecule has 0 amide bonds. The van der Waals surface area contributed by atoms with Gasteiger partial charge in [0, 0.05) is 18.1 Å². The Morgan fingerprint density at radius 2 is 2.40 bits per heavy atom. The van der Waals surface area contributed by atoms with Gasteiger partial charge in [-0.25, -0.2) is 9.67 Å². The van der Waals surface area contributed by atoms with Crippen molar-refractivity contribution in [3.8, 4) is 0 Å². The van der Waals surface area contributed by atoms with Crippen molar-refractivity contribution >= 4 is 28.1 Å². The van der Waals surface area contributed by atoms with Crippen molar-refractivity contribution in [3.63, 3.8) is 0 Å². The van der Waals surface area contributed by atoms with Gasteiger partial charge in [0.25, 0.3) is 0 Å². The van der Waals surface area contributed by atoms with E-state index in [1.54, 1.807) is 23.1 Å². The summed E-state index contributed by atoms with van der Waals surface area (Å²) in [5.41, 5.74) is 1.15. The molecule has 20 heavy (non-hydrogen) atoms. The summed E-state index contributed by atoms with van der Waals surface area (Å²) in [7, 11) is 1.94. The second-order valence-electron chi connectivity index (χ2n) is 4.69.